The third-order valence-corrected chi connectivity index (χ3v) is 4.20. The molecule has 18 heavy (non-hydrogen) atoms. The van der Waals surface area contributed by atoms with Crippen molar-refractivity contribution in [3.63, 3.8) is 0 Å². The molecule has 102 valence electrons. The second kappa shape index (κ2) is 5.00. The zero-order chi connectivity index (χ0) is 13.3. The summed E-state index contributed by atoms with van der Waals surface area (Å²) in [6.07, 6.45) is 4.34. The molecule has 1 N–H and O–H groups in total. The number of carbonyl (C=O) groups is 2. The van der Waals surface area contributed by atoms with Crippen molar-refractivity contribution in [3.8, 4) is 0 Å². The Balaban J connectivity index is 1.89. The van der Waals surface area contributed by atoms with Crippen molar-refractivity contribution in [2.75, 3.05) is 6.54 Å². The van der Waals surface area contributed by atoms with Gasteiger partial charge in [0.25, 0.3) is 0 Å². The molecule has 2 rings (SSSR count). The van der Waals surface area contributed by atoms with Gasteiger partial charge in [-0.3, -0.25) is 14.5 Å². The number of aliphatic hydroxyl groups is 1. The fourth-order valence-corrected chi connectivity index (χ4v) is 3.11. The van der Waals surface area contributed by atoms with E-state index in [4.69, 9.17) is 0 Å². The summed E-state index contributed by atoms with van der Waals surface area (Å²) in [6.45, 7) is 4.40. The van der Waals surface area contributed by atoms with Crippen LogP contribution in [0, 0.1) is 11.3 Å². The molecule has 1 aliphatic carbocycles. The fourth-order valence-electron chi connectivity index (χ4n) is 3.11. The predicted octanol–water partition coefficient (Wildman–Crippen LogP) is 1.71. The van der Waals surface area contributed by atoms with Crippen molar-refractivity contribution in [1.29, 1.82) is 0 Å². The molecule has 0 aromatic rings. The normalized spacial score (nSPS) is 32.1. The highest BCUT2D eigenvalue weighted by Crippen LogP contribution is 2.33. The summed E-state index contributed by atoms with van der Waals surface area (Å²) >= 11 is 0. The van der Waals surface area contributed by atoms with Gasteiger partial charge in [-0.05, 0) is 30.6 Å². The van der Waals surface area contributed by atoms with Crippen molar-refractivity contribution >= 4 is 11.8 Å². The molecule has 1 saturated carbocycles. The summed E-state index contributed by atoms with van der Waals surface area (Å²) in [6, 6.07) is 0. The van der Waals surface area contributed by atoms with Crippen LogP contribution < -0.4 is 0 Å². The van der Waals surface area contributed by atoms with Gasteiger partial charge in [0.15, 0.2) is 0 Å². The molecule has 0 spiro atoms. The summed E-state index contributed by atoms with van der Waals surface area (Å²) in [5.41, 5.74) is -0.197. The van der Waals surface area contributed by atoms with E-state index in [1.165, 1.54) is 4.90 Å². The number of nitrogens with zero attached hydrogens (tertiary/aromatic N) is 1. The van der Waals surface area contributed by atoms with Gasteiger partial charge in [-0.25, -0.2) is 0 Å². The molecular weight excluding hydrogens is 230 g/mol. The van der Waals surface area contributed by atoms with E-state index in [1.807, 2.05) is 13.8 Å². The number of piperidine rings is 1. The Morgan fingerprint density at radius 1 is 1.22 bits per heavy atom. The Hall–Kier alpha value is -0.900. The molecule has 2 fully saturated rings. The van der Waals surface area contributed by atoms with E-state index in [0.717, 1.165) is 25.7 Å². The average molecular weight is 253 g/mol. The topological polar surface area (TPSA) is 57.6 Å². The minimum absolute atomic E-state index is 0.0521. The molecule has 2 aliphatic rings. The Morgan fingerprint density at radius 2 is 1.83 bits per heavy atom. The Labute approximate surface area is 108 Å². The van der Waals surface area contributed by atoms with Crippen LogP contribution in [0.3, 0.4) is 0 Å². The van der Waals surface area contributed by atoms with Crippen LogP contribution in [0.25, 0.3) is 0 Å². The van der Waals surface area contributed by atoms with E-state index >= 15 is 0 Å². The van der Waals surface area contributed by atoms with E-state index in [9.17, 15) is 14.7 Å². The molecule has 0 aromatic heterocycles. The van der Waals surface area contributed by atoms with E-state index < -0.39 is 0 Å². The maximum atomic E-state index is 11.9. The van der Waals surface area contributed by atoms with Gasteiger partial charge < -0.3 is 5.11 Å². The van der Waals surface area contributed by atoms with Crippen LogP contribution in [0.1, 0.15) is 52.4 Å². The van der Waals surface area contributed by atoms with Gasteiger partial charge in [0.1, 0.15) is 0 Å². The predicted molar refractivity (Wildman–Crippen MR) is 67.7 cm³/mol. The summed E-state index contributed by atoms with van der Waals surface area (Å²) in [4.78, 5) is 25.3. The van der Waals surface area contributed by atoms with Crippen molar-refractivity contribution < 1.29 is 14.7 Å². The van der Waals surface area contributed by atoms with Gasteiger partial charge in [0.2, 0.25) is 11.8 Å². The zero-order valence-corrected chi connectivity index (χ0v) is 11.3. The first-order valence-electron chi connectivity index (χ1n) is 6.90. The minimum Gasteiger partial charge on any atom is -0.393 e. The average Bonchev–Trinajstić information content (AvgIpc) is 2.61. The van der Waals surface area contributed by atoms with Crippen LogP contribution in [0.2, 0.25) is 0 Å². The van der Waals surface area contributed by atoms with E-state index in [-0.39, 0.29) is 29.3 Å². The van der Waals surface area contributed by atoms with Crippen molar-refractivity contribution in [2.45, 2.75) is 58.5 Å². The van der Waals surface area contributed by atoms with Crippen LogP contribution >= 0.6 is 0 Å². The quantitative estimate of drug-likeness (QED) is 0.779. The fraction of sp³-hybridized carbons (Fsp3) is 0.857. The summed E-state index contributed by atoms with van der Waals surface area (Å²) < 4.78 is 0. The molecule has 2 atom stereocenters. The van der Waals surface area contributed by atoms with Gasteiger partial charge in [-0.2, -0.15) is 0 Å². The van der Waals surface area contributed by atoms with E-state index in [0.29, 0.717) is 19.4 Å². The van der Waals surface area contributed by atoms with Crippen molar-refractivity contribution in [1.82, 2.24) is 4.90 Å². The molecule has 1 heterocycles. The second-order valence-corrected chi connectivity index (χ2v) is 6.50. The SMILES string of the molecule is CC1(C)CC(=O)N(CCC2CCCC2O)C(=O)C1. The largest absolute Gasteiger partial charge is 0.393 e. The molecule has 0 bridgehead atoms. The number of likely N-dealkylation sites (tertiary alicyclic amines) is 1. The van der Waals surface area contributed by atoms with Gasteiger partial charge in [0.05, 0.1) is 6.10 Å². The van der Waals surface area contributed by atoms with E-state index in [1.54, 1.807) is 0 Å². The van der Waals surface area contributed by atoms with E-state index in [2.05, 4.69) is 0 Å². The van der Waals surface area contributed by atoms with Gasteiger partial charge >= 0.3 is 0 Å². The lowest BCUT2D eigenvalue weighted by Gasteiger charge is -2.35. The standard InChI is InChI=1S/C14H23NO3/c1-14(2)8-12(17)15(13(18)9-14)7-6-10-4-3-5-11(10)16/h10-11,16H,3-9H2,1-2H3. The van der Waals surface area contributed by atoms with Crippen molar-refractivity contribution in [2.24, 2.45) is 11.3 Å². The highest BCUT2D eigenvalue weighted by atomic mass is 16.3. The van der Waals surface area contributed by atoms with Crippen LogP contribution in [-0.4, -0.2) is 34.5 Å². The van der Waals surface area contributed by atoms with Gasteiger partial charge in [-0.15, -0.1) is 0 Å². The highest BCUT2D eigenvalue weighted by Gasteiger charge is 2.37. The molecule has 2 amide bonds. The number of hydrogen-bond acceptors (Lipinski definition) is 3. The maximum Gasteiger partial charge on any atom is 0.229 e. The zero-order valence-electron chi connectivity index (χ0n) is 11.3. The molecule has 2 unspecified atom stereocenters. The van der Waals surface area contributed by atoms with Crippen LogP contribution in [0.5, 0.6) is 0 Å². The second-order valence-electron chi connectivity index (χ2n) is 6.50. The van der Waals surface area contributed by atoms with Gasteiger partial charge in [-0.1, -0.05) is 20.3 Å². The molecule has 0 aromatic carbocycles. The molecule has 1 aliphatic heterocycles. The number of carbonyl (C=O) groups excluding carboxylic acids is 2. The molecule has 4 nitrogen and oxygen atoms in total. The smallest absolute Gasteiger partial charge is 0.229 e. The highest BCUT2D eigenvalue weighted by molar-refractivity contribution is 5.98. The first-order valence-corrected chi connectivity index (χ1v) is 6.90. The lowest BCUT2D eigenvalue weighted by atomic mass is 9.81. The minimum atomic E-state index is -0.239. The van der Waals surface area contributed by atoms with Crippen molar-refractivity contribution in [3.05, 3.63) is 0 Å². The summed E-state index contributed by atoms with van der Waals surface area (Å²) in [5, 5.41) is 9.74. The van der Waals surface area contributed by atoms with Crippen LogP contribution in [0.4, 0.5) is 0 Å². The summed E-state index contributed by atoms with van der Waals surface area (Å²) in [7, 11) is 0. The Bertz CT molecular complexity index is 331. The molecule has 0 radical (unpaired) electrons. The number of amides is 2. The first-order chi connectivity index (χ1) is 8.39. The van der Waals surface area contributed by atoms with Crippen LogP contribution in [-0.2, 0) is 9.59 Å². The van der Waals surface area contributed by atoms with Crippen LogP contribution in [0.15, 0.2) is 0 Å². The Kier molecular flexibility index (Phi) is 3.76. The first kappa shape index (κ1) is 13.5. The maximum absolute atomic E-state index is 11.9. The lowest BCUT2D eigenvalue weighted by Crippen LogP contribution is -2.46. The Morgan fingerprint density at radius 3 is 2.33 bits per heavy atom. The lowest BCUT2D eigenvalue weighted by molar-refractivity contribution is -0.152. The third kappa shape index (κ3) is 2.91. The number of hydrogen-bond donors (Lipinski definition) is 1. The number of rotatable bonds is 3. The molecular formula is C14H23NO3. The summed E-state index contributed by atoms with van der Waals surface area (Å²) in [5.74, 6) is 0.160. The number of imide groups is 1. The van der Waals surface area contributed by atoms with Gasteiger partial charge in [0, 0.05) is 19.4 Å². The molecule has 1 saturated heterocycles. The number of aliphatic hydroxyl groups excluding tert-OH is 1. The third-order valence-electron chi connectivity index (χ3n) is 4.20. The monoisotopic (exact) mass is 253 g/mol. The molecule has 4 heteroatoms.